The quantitative estimate of drug-likeness (QED) is 0.635. The number of carbonyl (C=O) groups excluding carboxylic acids is 2. The van der Waals surface area contributed by atoms with E-state index in [0.717, 1.165) is 0 Å². The number of fused-ring (bicyclic) bond motifs is 1. The van der Waals surface area contributed by atoms with E-state index in [2.05, 4.69) is 10.3 Å². The van der Waals surface area contributed by atoms with Gasteiger partial charge in [-0.15, -0.1) is 0 Å². The molecule has 0 radical (unpaired) electrons. The molecule has 2 aliphatic rings. The lowest BCUT2D eigenvalue weighted by atomic mass is 9.88. The van der Waals surface area contributed by atoms with Crippen LogP contribution in [-0.4, -0.2) is 24.2 Å². The van der Waals surface area contributed by atoms with Crippen LogP contribution in [0.1, 0.15) is 12.5 Å². The molecular weight excluding hydrogens is 359 g/mol. The van der Waals surface area contributed by atoms with Crippen LogP contribution < -0.4 is 5.32 Å². The van der Waals surface area contributed by atoms with Crippen molar-refractivity contribution >= 4 is 29.2 Å². The van der Waals surface area contributed by atoms with Crippen LogP contribution >= 0.6 is 11.6 Å². The minimum atomic E-state index is -0.768. The summed E-state index contributed by atoms with van der Waals surface area (Å²) in [5.74, 6) is -2.38. The number of ether oxygens (including phenoxy) is 1. The Hall–Kier alpha value is -2.73. The van der Waals surface area contributed by atoms with Gasteiger partial charge in [0.25, 0.3) is 5.91 Å². The Morgan fingerprint density at radius 3 is 2.88 bits per heavy atom. The molecule has 0 fully saturated rings. The number of benzene rings is 1. The van der Waals surface area contributed by atoms with Crippen molar-refractivity contribution in [2.75, 3.05) is 6.61 Å². The summed E-state index contributed by atoms with van der Waals surface area (Å²) in [6.45, 7) is 1.86. The van der Waals surface area contributed by atoms with Crippen LogP contribution in [0.25, 0.3) is 0 Å². The summed E-state index contributed by atoms with van der Waals surface area (Å²) in [7, 11) is 0. The van der Waals surface area contributed by atoms with Gasteiger partial charge in [0.1, 0.15) is 11.4 Å². The average Bonchev–Trinajstić information content (AvgIpc) is 2.61. The number of hydrogen-bond donors (Lipinski definition) is 1. The first kappa shape index (κ1) is 18.1. The fraction of sp³-hybridized carbons (Fsp3) is 0.211. The molecule has 0 bridgehead atoms. The molecule has 1 aromatic rings. The van der Waals surface area contributed by atoms with Crippen molar-refractivity contribution in [3.8, 4) is 0 Å². The van der Waals surface area contributed by atoms with Crippen LogP contribution in [-0.2, 0) is 20.9 Å². The lowest BCUT2D eigenvalue weighted by molar-refractivity contribution is -0.140. The van der Waals surface area contributed by atoms with Crippen LogP contribution in [0.5, 0.6) is 0 Å². The predicted molar refractivity (Wildman–Crippen MR) is 95.9 cm³/mol. The number of amides is 1. The normalized spacial score (nSPS) is 18.9. The maximum atomic E-state index is 13.9. The van der Waals surface area contributed by atoms with E-state index in [0.29, 0.717) is 22.0 Å². The molecule has 0 spiro atoms. The second kappa shape index (κ2) is 7.66. The minimum Gasteiger partial charge on any atom is -0.462 e. The Morgan fingerprint density at radius 1 is 1.38 bits per heavy atom. The molecule has 0 saturated carbocycles. The Balaban J connectivity index is 1.99. The number of esters is 1. The molecule has 1 aromatic carbocycles. The average molecular weight is 375 g/mol. The maximum absolute atomic E-state index is 13.9. The number of halogens is 2. The Morgan fingerprint density at radius 2 is 2.15 bits per heavy atom. The Labute approximate surface area is 154 Å². The Bertz CT molecular complexity index is 887. The van der Waals surface area contributed by atoms with Crippen molar-refractivity contribution in [3.63, 3.8) is 0 Å². The van der Waals surface area contributed by atoms with Gasteiger partial charge in [-0.25, -0.2) is 14.2 Å². The van der Waals surface area contributed by atoms with Gasteiger partial charge in [0.2, 0.25) is 0 Å². The van der Waals surface area contributed by atoms with Crippen molar-refractivity contribution < 1.29 is 18.7 Å². The SMILES string of the molecule is CCOC(=O)C1=C(NCc2ccccc2F)C2C=CC=C(Cl)C2=NC1=O. The van der Waals surface area contributed by atoms with Crippen molar-refractivity contribution in [2.45, 2.75) is 13.5 Å². The fourth-order valence-electron chi connectivity index (χ4n) is 2.80. The number of nitrogens with zero attached hydrogens (tertiary/aromatic N) is 1. The molecule has 1 atom stereocenters. The molecule has 0 saturated heterocycles. The van der Waals surface area contributed by atoms with E-state index in [9.17, 15) is 14.0 Å². The van der Waals surface area contributed by atoms with Gasteiger partial charge >= 0.3 is 5.97 Å². The molecule has 7 heteroatoms. The van der Waals surface area contributed by atoms with Gasteiger partial charge in [-0.05, 0) is 19.1 Å². The van der Waals surface area contributed by atoms with Crippen LogP contribution in [0, 0.1) is 11.7 Å². The van der Waals surface area contributed by atoms with E-state index in [1.54, 1.807) is 43.4 Å². The predicted octanol–water partition coefficient (Wildman–Crippen LogP) is 3.02. The standard InChI is InChI=1S/C19H16ClFN2O3/c1-2-26-19(25)15-17(22-10-11-6-3-4-9-14(11)21)12-7-5-8-13(20)16(12)23-18(15)24/h3-9,12,22H,2,10H2,1H3. The van der Waals surface area contributed by atoms with E-state index in [4.69, 9.17) is 16.3 Å². The highest BCUT2D eigenvalue weighted by Gasteiger charge is 2.36. The summed E-state index contributed by atoms with van der Waals surface area (Å²) in [4.78, 5) is 28.7. The zero-order valence-electron chi connectivity index (χ0n) is 14.0. The smallest absolute Gasteiger partial charge is 0.345 e. The van der Waals surface area contributed by atoms with Crippen molar-refractivity contribution in [3.05, 3.63) is 70.2 Å². The molecule has 0 aromatic heterocycles. The summed E-state index contributed by atoms with van der Waals surface area (Å²) in [6.07, 6.45) is 5.10. The minimum absolute atomic E-state index is 0.0944. The monoisotopic (exact) mass is 374 g/mol. The van der Waals surface area contributed by atoms with Crippen LogP contribution in [0.2, 0.25) is 0 Å². The second-order valence-corrected chi connectivity index (χ2v) is 6.04. The van der Waals surface area contributed by atoms with Crippen molar-refractivity contribution in [2.24, 2.45) is 10.9 Å². The molecule has 1 amide bonds. The third-order valence-electron chi connectivity index (χ3n) is 4.01. The largest absolute Gasteiger partial charge is 0.462 e. The van der Waals surface area contributed by atoms with Gasteiger partial charge < -0.3 is 10.1 Å². The highest BCUT2D eigenvalue weighted by molar-refractivity contribution is 6.46. The van der Waals surface area contributed by atoms with E-state index in [1.165, 1.54) is 6.07 Å². The second-order valence-electron chi connectivity index (χ2n) is 5.63. The number of aliphatic imine (C=N–C) groups is 1. The first-order chi connectivity index (χ1) is 12.5. The number of carbonyl (C=O) groups is 2. The third kappa shape index (κ3) is 3.46. The number of hydrogen-bond acceptors (Lipinski definition) is 4. The van der Waals surface area contributed by atoms with E-state index < -0.39 is 17.8 Å². The molecule has 1 aliphatic carbocycles. The summed E-state index contributed by atoms with van der Waals surface area (Å²) >= 11 is 6.15. The first-order valence-corrected chi connectivity index (χ1v) is 8.46. The molecule has 134 valence electrons. The topological polar surface area (TPSA) is 67.8 Å². The highest BCUT2D eigenvalue weighted by atomic mass is 35.5. The van der Waals surface area contributed by atoms with E-state index in [1.807, 2.05) is 0 Å². The molecule has 26 heavy (non-hydrogen) atoms. The lowest BCUT2D eigenvalue weighted by Crippen LogP contribution is -2.36. The number of dihydropyridines is 1. The summed E-state index contributed by atoms with van der Waals surface area (Å²) in [6, 6.07) is 6.26. The van der Waals surface area contributed by atoms with E-state index >= 15 is 0 Å². The molecule has 1 heterocycles. The van der Waals surface area contributed by atoms with E-state index in [-0.39, 0.29) is 24.5 Å². The summed E-state index contributed by atoms with van der Waals surface area (Å²) in [5.41, 5.74) is 0.876. The Kier molecular flexibility index (Phi) is 5.32. The zero-order valence-corrected chi connectivity index (χ0v) is 14.7. The van der Waals surface area contributed by atoms with Crippen molar-refractivity contribution in [1.82, 2.24) is 5.32 Å². The molecule has 3 rings (SSSR count). The van der Waals surface area contributed by atoms with Gasteiger partial charge in [0.05, 0.1) is 23.3 Å². The van der Waals surface area contributed by atoms with Crippen LogP contribution in [0.3, 0.4) is 0 Å². The number of nitrogens with one attached hydrogen (secondary N) is 1. The van der Waals surface area contributed by atoms with Gasteiger partial charge in [0, 0.05) is 17.8 Å². The fourth-order valence-corrected chi connectivity index (χ4v) is 3.03. The molecule has 5 nitrogen and oxygen atoms in total. The molecular formula is C19H16ClFN2O3. The zero-order chi connectivity index (χ0) is 18.7. The number of allylic oxidation sites excluding steroid dienone is 4. The van der Waals surface area contributed by atoms with Gasteiger partial charge in [-0.3, -0.25) is 4.79 Å². The van der Waals surface area contributed by atoms with Crippen molar-refractivity contribution in [1.29, 1.82) is 0 Å². The highest BCUT2D eigenvalue weighted by Crippen LogP contribution is 2.31. The molecule has 1 N–H and O–H groups in total. The van der Waals surface area contributed by atoms with Crippen LogP contribution in [0.15, 0.2) is 63.8 Å². The van der Waals surface area contributed by atoms with Crippen LogP contribution in [0.4, 0.5) is 4.39 Å². The first-order valence-electron chi connectivity index (χ1n) is 8.08. The maximum Gasteiger partial charge on any atom is 0.345 e. The van der Waals surface area contributed by atoms with Gasteiger partial charge in [-0.2, -0.15) is 0 Å². The van der Waals surface area contributed by atoms with Gasteiger partial charge in [-0.1, -0.05) is 42.0 Å². The molecule has 1 unspecified atom stereocenters. The summed E-state index contributed by atoms with van der Waals surface area (Å²) in [5, 5.41) is 3.34. The number of rotatable bonds is 5. The van der Waals surface area contributed by atoms with Gasteiger partial charge in [0.15, 0.2) is 0 Å². The summed E-state index contributed by atoms with van der Waals surface area (Å²) < 4.78 is 18.9. The third-order valence-corrected chi connectivity index (χ3v) is 4.33. The molecule has 1 aliphatic heterocycles. The lowest BCUT2D eigenvalue weighted by Gasteiger charge is -2.27.